The zero-order chi connectivity index (χ0) is 18.6. The van der Waals surface area contributed by atoms with Crippen LogP contribution in [0, 0.1) is 0 Å². The zero-order valence-electron chi connectivity index (χ0n) is 15.8. The summed E-state index contributed by atoms with van der Waals surface area (Å²) < 4.78 is 6.92. The number of carbonyl (C=O) groups excluding carboxylic acids is 1. The monoisotopic (exact) mass is 369 g/mol. The molecule has 0 saturated carbocycles. The van der Waals surface area contributed by atoms with Crippen LogP contribution in [-0.4, -0.2) is 60.0 Å². The first kappa shape index (κ1) is 18.0. The largest absolute Gasteiger partial charge is 0.375 e. The molecule has 2 aromatic rings. The minimum atomic E-state index is -0.114. The highest BCUT2D eigenvalue weighted by atomic mass is 16.5. The third-order valence-corrected chi connectivity index (χ3v) is 5.42. The number of methoxy groups -OCH3 is 1. The van der Waals surface area contributed by atoms with Crippen molar-refractivity contribution in [2.24, 2.45) is 0 Å². The number of carbonyl (C=O) groups is 1. The number of ether oxygens (including phenoxy) is 1. The van der Waals surface area contributed by atoms with Gasteiger partial charge in [0.05, 0.1) is 24.5 Å². The lowest BCUT2D eigenvalue weighted by Gasteiger charge is -2.32. The van der Waals surface area contributed by atoms with E-state index >= 15 is 0 Å². The Kier molecular flexibility index (Phi) is 5.40. The van der Waals surface area contributed by atoms with E-state index in [4.69, 9.17) is 4.74 Å². The Morgan fingerprint density at radius 3 is 2.93 bits per heavy atom. The molecule has 1 fully saturated rings. The number of anilines is 1. The Bertz CT molecular complexity index is 776. The van der Waals surface area contributed by atoms with E-state index in [1.54, 1.807) is 0 Å². The molecular formula is C20H27N5O2. The quantitative estimate of drug-likeness (QED) is 0.830. The Morgan fingerprint density at radius 1 is 1.26 bits per heavy atom. The topological polar surface area (TPSA) is 62.6 Å². The van der Waals surface area contributed by atoms with Gasteiger partial charge in [-0.25, -0.2) is 0 Å². The number of fused-ring (bicyclic) bond motifs is 1. The fraction of sp³-hybridized carbons (Fsp3) is 0.500. The number of rotatable bonds is 6. The first-order valence-corrected chi connectivity index (χ1v) is 9.58. The first-order chi connectivity index (χ1) is 13.2. The summed E-state index contributed by atoms with van der Waals surface area (Å²) in [4.78, 5) is 16.6. The Hall–Kier alpha value is -2.38. The zero-order valence-corrected chi connectivity index (χ0v) is 15.8. The van der Waals surface area contributed by atoms with Gasteiger partial charge in [-0.2, -0.15) is 5.10 Å². The first-order valence-electron chi connectivity index (χ1n) is 9.58. The van der Waals surface area contributed by atoms with Gasteiger partial charge in [0.15, 0.2) is 0 Å². The fourth-order valence-corrected chi connectivity index (χ4v) is 4.03. The summed E-state index contributed by atoms with van der Waals surface area (Å²) in [5.41, 5.74) is 3.46. The van der Waals surface area contributed by atoms with Crippen LogP contribution in [0.25, 0.3) is 0 Å². The summed E-state index contributed by atoms with van der Waals surface area (Å²) in [6.07, 6.45) is 1.20. The van der Waals surface area contributed by atoms with Crippen LogP contribution >= 0.6 is 0 Å². The molecule has 1 saturated heterocycles. The van der Waals surface area contributed by atoms with Crippen molar-refractivity contribution in [2.45, 2.75) is 32.1 Å². The van der Waals surface area contributed by atoms with Crippen molar-refractivity contribution in [1.29, 1.82) is 0 Å². The molecule has 144 valence electrons. The lowest BCUT2D eigenvalue weighted by atomic mass is 10.2. The molecule has 0 unspecified atom stereocenters. The molecule has 1 atom stereocenters. The maximum absolute atomic E-state index is 11.5. The average Bonchev–Trinajstić information content (AvgIpc) is 3.33. The number of amides is 1. The minimum Gasteiger partial charge on any atom is -0.375 e. The molecule has 4 rings (SSSR count). The lowest BCUT2D eigenvalue weighted by molar-refractivity contribution is -0.124. The van der Waals surface area contributed by atoms with Crippen LogP contribution in [0.1, 0.15) is 17.8 Å². The molecule has 3 heterocycles. The van der Waals surface area contributed by atoms with E-state index in [1.165, 1.54) is 24.9 Å². The maximum Gasteiger partial charge on any atom is 0.246 e. The van der Waals surface area contributed by atoms with E-state index in [1.807, 2.05) is 0 Å². The predicted octanol–water partition coefficient (Wildman–Crippen LogP) is 1.24. The van der Waals surface area contributed by atoms with Crippen molar-refractivity contribution in [1.82, 2.24) is 20.0 Å². The number of aromatic nitrogens is 2. The van der Waals surface area contributed by atoms with Crippen LogP contribution in [0.5, 0.6) is 0 Å². The molecule has 2 aliphatic heterocycles. The molecule has 0 aliphatic carbocycles. The summed E-state index contributed by atoms with van der Waals surface area (Å²) in [5.74, 6) is -0.114. The van der Waals surface area contributed by atoms with E-state index in [9.17, 15) is 4.79 Å². The summed E-state index contributed by atoms with van der Waals surface area (Å²) in [7, 11) is 1.52. The van der Waals surface area contributed by atoms with E-state index < -0.39 is 0 Å². The van der Waals surface area contributed by atoms with Crippen molar-refractivity contribution >= 4 is 11.6 Å². The van der Waals surface area contributed by atoms with E-state index in [2.05, 4.69) is 61.3 Å². The number of para-hydroxylation sites is 1. The summed E-state index contributed by atoms with van der Waals surface area (Å²) in [5, 5.41) is 7.47. The lowest BCUT2D eigenvalue weighted by Crippen LogP contribution is -2.42. The Morgan fingerprint density at radius 2 is 2.11 bits per heavy atom. The second-order valence-corrected chi connectivity index (χ2v) is 7.25. The molecule has 2 aliphatic rings. The second kappa shape index (κ2) is 8.10. The van der Waals surface area contributed by atoms with Gasteiger partial charge in [-0.3, -0.25) is 14.4 Å². The molecule has 1 N–H and O–H groups in total. The molecular weight excluding hydrogens is 342 g/mol. The summed E-state index contributed by atoms with van der Waals surface area (Å²) in [6.45, 7) is 5.58. The number of nitrogens with zero attached hydrogens (tertiary/aromatic N) is 4. The van der Waals surface area contributed by atoms with Gasteiger partial charge in [0.25, 0.3) is 0 Å². The number of benzene rings is 1. The van der Waals surface area contributed by atoms with Crippen molar-refractivity contribution < 1.29 is 9.53 Å². The molecule has 1 aromatic carbocycles. The van der Waals surface area contributed by atoms with Crippen molar-refractivity contribution in [3.8, 4) is 0 Å². The molecule has 0 bridgehead atoms. The van der Waals surface area contributed by atoms with Gasteiger partial charge in [0.1, 0.15) is 6.61 Å². The van der Waals surface area contributed by atoms with Gasteiger partial charge < -0.3 is 15.0 Å². The van der Waals surface area contributed by atoms with Crippen LogP contribution < -0.4 is 10.2 Å². The van der Waals surface area contributed by atoms with Gasteiger partial charge in [-0.05, 0) is 24.6 Å². The highest BCUT2D eigenvalue weighted by molar-refractivity contribution is 5.77. The van der Waals surface area contributed by atoms with Crippen LogP contribution in [-0.2, 0) is 29.2 Å². The second-order valence-electron chi connectivity index (χ2n) is 7.25. The smallest absolute Gasteiger partial charge is 0.246 e. The van der Waals surface area contributed by atoms with Gasteiger partial charge in [-0.1, -0.05) is 18.2 Å². The van der Waals surface area contributed by atoms with Crippen LogP contribution in [0.15, 0.2) is 36.4 Å². The standard InChI is InChI=1S/C20H27N5O2/c1-27-15-20(26)21-12-16-11-19-14-24(9-10-25(19)22-16)18-7-8-23(13-18)17-5-3-2-4-6-17/h2-6,11,18H,7-10,12-15H2,1H3,(H,21,26)/t18-/m0/s1. The average molecular weight is 369 g/mol. The molecule has 1 amide bonds. The summed E-state index contributed by atoms with van der Waals surface area (Å²) in [6, 6.07) is 13.4. The molecule has 7 nitrogen and oxygen atoms in total. The number of nitrogens with one attached hydrogen (secondary N) is 1. The van der Waals surface area contributed by atoms with Gasteiger partial charge in [0, 0.05) is 45.0 Å². The van der Waals surface area contributed by atoms with Crippen molar-refractivity contribution in [3.63, 3.8) is 0 Å². The van der Waals surface area contributed by atoms with E-state index in [-0.39, 0.29) is 12.5 Å². The predicted molar refractivity (Wildman–Crippen MR) is 103 cm³/mol. The van der Waals surface area contributed by atoms with Crippen LogP contribution in [0.4, 0.5) is 5.69 Å². The van der Waals surface area contributed by atoms with Crippen molar-refractivity contribution in [3.05, 3.63) is 47.8 Å². The van der Waals surface area contributed by atoms with E-state index in [0.717, 1.165) is 38.4 Å². The molecule has 0 radical (unpaired) electrons. The number of hydrogen-bond acceptors (Lipinski definition) is 5. The van der Waals surface area contributed by atoms with Gasteiger partial charge in [0.2, 0.25) is 5.91 Å². The Balaban J connectivity index is 1.34. The third kappa shape index (κ3) is 4.14. The van der Waals surface area contributed by atoms with Crippen molar-refractivity contribution in [2.75, 3.05) is 38.3 Å². The molecule has 7 heteroatoms. The SMILES string of the molecule is COCC(=O)NCc1cc2n(n1)CCN([C@H]1CCN(c3ccccc3)C1)C2. The Labute approximate surface area is 159 Å². The fourth-order valence-electron chi connectivity index (χ4n) is 4.03. The maximum atomic E-state index is 11.5. The van der Waals surface area contributed by atoms with E-state index in [0.29, 0.717) is 12.6 Å². The highest BCUT2D eigenvalue weighted by Gasteiger charge is 2.30. The normalized spacial score (nSPS) is 19.9. The molecule has 27 heavy (non-hydrogen) atoms. The van der Waals surface area contributed by atoms with Crippen LogP contribution in [0.3, 0.4) is 0 Å². The highest BCUT2D eigenvalue weighted by Crippen LogP contribution is 2.25. The third-order valence-electron chi connectivity index (χ3n) is 5.42. The molecule has 1 aromatic heterocycles. The van der Waals surface area contributed by atoms with Gasteiger partial charge in [-0.15, -0.1) is 0 Å². The minimum absolute atomic E-state index is 0.0843. The van der Waals surface area contributed by atoms with Gasteiger partial charge >= 0.3 is 0 Å². The molecule has 0 spiro atoms. The van der Waals surface area contributed by atoms with Crippen LogP contribution in [0.2, 0.25) is 0 Å². The summed E-state index contributed by atoms with van der Waals surface area (Å²) >= 11 is 0. The number of hydrogen-bond donors (Lipinski definition) is 1.